The molecule has 0 aromatic heterocycles. The molecule has 0 aliphatic carbocycles. The fraction of sp³-hybridized carbons (Fsp3) is 0.600. The first-order chi connectivity index (χ1) is 5.70. The SMILES string of the molecule is C/C(=C/CO)OS(=O)(=O)C(F)(F)F. The quantitative estimate of drug-likeness (QED) is 0.433. The Bertz CT molecular complexity index is 289. The third kappa shape index (κ3) is 3.64. The van der Waals surface area contributed by atoms with Crippen molar-refractivity contribution >= 4 is 10.1 Å². The number of halogens is 3. The van der Waals surface area contributed by atoms with E-state index in [0.717, 1.165) is 13.0 Å². The molecule has 0 saturated carbocycles. The maximum atomic E-state index is 11.6. The minimum absolute atomic E-state index is 0.528. The van der Waals surface area contributed by atoms with Crippen molar-refractivity contribution in [2.24, 2.45) is 0 Å². The van der Waals surface area contributed by atoms with Gasteiger partial charge in [-0.1, -0.05) is 0 Å². The Morgan fingerprint density at radius 2 is 2.00 bits per heavy atom. The predicted molar refractivity (Wildman–Crippen MR) is 36.9 cm³/mol. The largest absolute Gasteiger partial charge is 0.534 e. The molecule has 0 aromatic carbocycles. The molecule has 13 heavy (non-hydrogen) atoms. The van der Waals surface area contributed by atoms with E-state index in [9.17, 15) is 21.6 Å². The van der Waals surface area contributed by atoms with Crippen molar-refractivity contribution in [2.75, 3.05) is 6.61 Å². The first-order valence-corrected chi connectivity index (χ1v) is 4.40. The molecule has 0 amide bonds. The van der Waals surface area contributed by atoms with Crippen LogP contribution in [0.15, 0.2) is 11.8 Å². The number of aliphatic hydroxyl groups excluding tert-OH is 1. The number of allylic oxidation sites excluding steroid dienone is 1. The Balaban J connectivity index is 4.64. The van der Waals surface area contributed by atoms with Crippen LogP contribution < -0.4 is 0 Å². The molecule has 4 nitrogen and oxygen atoms in total. The van der Waals surface area contributed by atoms with Crippen LogP contribution in [0, 0.1) is 0 Å². The molecule has 0 aliphatic heterocycles. The molecule has 0 heterocycles. The van der Waals surface area contributed by atoms with E-state index >= 15 is 0 Å². The van der Waals surface area contributed by atoms with E-state index in [2.05, 4.69) is 4.18 Å². The molecule has 0 radical (unpaired) electrons. The lowest BCUT2D eigenvalue weighted by atomic mass is 10.5. The van der Waals surface area contributed by atoms with Gasteiger partial charge in [-0.15, -0.1) is 0 Å². The van der Waals surface area contributed by atoms with Crippen LogP contribution in [-0.2, 0) is 14.3 Å². The average Bonchev–Trinajstić information content (AvgIpc) is 1.83. The van der Waals surface area contributed by atoms with E-state index in [1.807, 2.05) is 0 Å². The zero-order chi connectivity index (χ0) is 10.7. The third-order valence-electron chi connectivity index (χ3n) is 0.903. The molecule has 0 atom stereocenters. The van der Waals surface area contributed by atoms with Crippen molar-refractivity contribution in [1.29, 1.82) is 0 Å². The molecule has 0 aliphatic rings. The summed E-state index contributed by atoms with van der Waals surface area (Å²) in [7, 11) is -5.60. The summed E-state index contributed by atoms with van der Waals surface area (Å²) in [6.45, 7) is 0.388. The average molecular weight is 220 g/mol. The van der Waals surface area contributed by atoms with Crippen LogP contribution in [0.5, 0.6) is 0 Å². The van der Waals surface area contributed by atoms with Crippen molar-refractivity contribution in [3.8, 4) is 0 Å². The van der Waals surface area contributed by atoms with Gasteiger partial charge < -0.3 is 9.29 Å². The van der Waals surface area contributed by atoms with Gasteiger partial charge in [0.15, 0.2) is 0 Å². The zero-order valence-corrected chi connectivity index (χ0v) is 7.32. The minimum atomic E-state index is -5.60. The third-order valence-corrected chi connectivity index (χ3v) is 1.95. The topological polar surface area (TPSA) is 63.6 Å². The maximum Gasteiger partial charge on any atom is 0.534 e. The summed E-state index contributed by atoms with van der Waals surface area (Å²) in [6, 6.07) is 0. The van der Waals surface area contributed by atoms with Crippen LogP contribution in [0.3, 0.4) is 0 Å². The lowest BCUT2D eigenvalue weighted by molar-refractivity contribution is -0.0522. The van der Waals surface area contributed by atoms with Crippen molar-refractivity contribution in [2.45, 2.75) is 12.4 Å². The molecule has 78 valence electrons. The van der Waals surface area contributed by atoms with E-state index in [1.54, 1.807) is 0 Å². The summed E-state index contributed by atoms with van der Waals surface area (Å²) in [5, 5.41) is 8.20. The van der Waals surface area contributed by atoms with Gasteiger partial charge in [-0.3, -0.25) is 0 Å². The van der Waals surface area contributed by atoms with Crippen LogP contribution in [0.25, 0.3) is 0 Å². The molecule has 0 aromatic rings. The lowest BCUT2D eigenvalue weighted by Crippen LogP contribution is -2.24. The number of rotatable bonds is 3. The number of aliphatic hydroxyl groups is 1. The molecule has 1 N–H and O–H groups in total. The fourth-order valence-electron chi connectivity index (χ4n) is 0.383. The molecule has 0 spiro atoms. The lowest BCUT2D eigenvalue weighted by Gasteiger charge is -2.08. The molecule has 0 unspecified atom stereocenters. The minimum Gasteiger partial charge on any atom is -0.392 e. The van der Waals surface area contributed by atoms with Gasteiger partial charge in [-0.2, -0.15) is 21.6 Å². The molecule has 0 bridgehead atoms. The van der Waals surface area contributed by atoms with E-state index in [4.69, 9.17) is 5.11 Å². The fourth-order valence-corrected chi connectivity index (χ4v) is 0.891. The Labute approximate surface area is 72.7 Å². The Morgan fingerprint density at radius 1 is 1.54 bits per heavy atom. The zero-order valence-electron chi connectivity index (χ0n) is 6.50. The van der Waals surface area contributed by atoms with Crippen LogP contribution in [0.1, 0.15) is 6.92 Å². The number of hydrogen-bond acceptors (Lipinski definition) is 4. The molecular formula is C5H7F3O4S. The monoisotopic (exact) mass is 220 g/mol. The summed E-state index contributed by atoms with van der Waals surface area (Å²) in [4.78, 5) is 0. The Morgan fingerprint density at radius 3 is 2.31 bits per heavy atom. The highest BCUT2D eigenvalue weighted by atomic mass is 32.2. The van der Waals surface area contributed by atoms with Gasteiger partial charge in [-0.25, -0.2) is 0 Å². The van der Waals surface area contributed by atoms with Crippen LogP contribution >= 0.6 is 0 Å². The molecule has 0 saturated heterocycles. The standard InChI is InChI=1S/C5H7F3O4S/c1-4(2-3-9)12-13(10,11)5(6,7)8/h2,9H,3H2,1H3/b4-2-. The summed E-state index contributed by atoms with van der Waals surface area (Å²) >= 11 is 0. The van der Waals surface area contributed by atoms with E-state index in [-0.39, 0.29) is 0 Å². The van der Waals surface area contributed by atoms with Gasteiger partial charge in [0.1, 0.15) is 5.76 Å². The Kier molecular flexibility index (Phi) is 3.73. The van der Waals surface area contributed by atoms with Crippen molar-refractivity contribution in [3.05, 3.63) is 11.8 Å². The van der Waals surface area contributed by atoms with Crippen LogP contribution in [0.2, 0.25) is 0 Å². The highest BCUT2D eigenvalue weighted by molar-refractivity contribution is 7.87. The van der Waals surface area contributed by atoms with E-state index < -0.39 is 28.0 Å². The molecule has 8 heteroatoms. The van der Waals surface area contributed by atoms with Gasteiger partial charge in [0, 0.05) is 0 Å². The van der Waals surface area contributed by atoms with Gasteiger partial charge in [0.05, 0.1) is 6.61 Å². The highest BCUT2D eigenvalue weighted by Gasteiger charge is 2.48. The second-order valence-corrected chi connectivity index (χ2v) is 3.52. The van der Waals surface area contributed by atoms with Gasteiger partial charge in [-0.05, 0) is 13.0 Å². The first-order valence-electron chi connectivity index (χ1n) is 2.99. The van der Waals surface area contributed by atoms with Crippen molar-refractivity contribution in [1.82, 2.24) is 0 Å². The summed E-state index contributed by atoms with van der Waals surface area (Å²) in [6.07, 6.45) is 0.795. The van der Waals surface area contributed by atoms with Crippen LogP contribution in [0.4, 0.5) is 13.2 Å². The summed E-state index contributed by atoms with van der Waals surface area (Å²) in [5.74, 6) is -0.528. The van der Waals surface area contributed by atoms with Crippen LogP contribution in [-0.4, -0.2) is 25.6 Å². The van der Waals surface area contributed by atoms with Gasteiger partial charge in [0.2, 0.25) is 0 Å². The maximum absolute atomic E-state index is 11.6. The van der Waals surface area contributed by atoms with Crippen molar-refractivity contribution in [3.63, 3.8) is 0 Å². The smallest absolute Gasteiger partial charge is 0.392 e. The van der Waals surface area contributed by atoms with Gasteiger partial charge >= 0.3 is 15.6 Å². The summed E-state index contributed by atoms with van der Waals surface area (Å²) in [5.41, 5.74) is -5.45. The highest BCUT2D eigenvalue weighted by Crippen LogP contribution is 2.26. The Hall–Kier alpha value is -0.760. The summed E-state index contributed by atoms with van der Waals surface area (Å²) < 4.78 is 59.0. The molecular weight excluding hydrogens is 213 g/mol. The number of hydrogen-bond donors (Lipinski definition) is 1. The second-order valence-electron chi connectivity index (χ2n) is 1.98. The number of alkyl halides is 3. The molecule has 0 fully saturated rings. The van der Waals surface area contributed by atoms with Gasteiger partial charge in [0.25, 0.3) is 0 Å². The molecule has 0 rings (SSSR count). The first kappa shape index (κ1) is 12.2. The van der Waals surface area contributed by atoms with E-state index in [0.29, 0.717) is 0 Å². The predicted octanol–water partition coefficient (Wildman–Crippen LogP) is 0.749. The van der Waals surface area contributed by atoms with Crippen molar-refractivity contribution < 1.29 is 30.9 Å². The normalized spacial score (nSPS) is 14.4. The van der Waals surface area contributed by atoms with E-state index in [1.165, 1.54) is 0 Å². The second kappa shape index (κ2) is 3.97.